The molecule has 0 fully saturated rings. The fraction of sp³-hybridized carbons (Fsp3) is 0.235. The van der Waals surface area contributed by atoms with Gasteiger partial charge in [0, 0.05) is 18.0 Å². The maximum Gasteiger partial charge on any atom is 0.246 e. The first-order valence-electron chi connectivity index (χ1n) is 6.92. The van der Waals surface area contributed by atoms with Crippen molar-refractivity contribution in [2.75, 3.05) is 13.2 Å². The van der Waals surface area contributed by atoms with Gasteiger partial charge in [0.25, 0.3) is 0 Å². The summed E-state index contributed by atoms with van der Waals surface area (Å²) in [6, 6.07) is 12.0. The third-order valence-corrected chi connectivity index (χ3v) is 4.21. The summed E-state index contributed by atoms with van der Waals surface area (Å²) in [4.78, 5) is 14.3. The van der Waals surface area contributed by atoms with Crippen LogP contribution in [0.5, 0.6) is 0 Å². The van der Waals surface area contributed by atoms with Gasteiger partial charge in [-0.1, -0.05) is 36.9 Å². The maximum atomic E-state index is 12.5. The van der Waals surface area contributed by atoms with E-state index in [0.29, 0.717) is 6.54 Å². The predicted octanol–water partition coefficient (Wildman–Crippen LogP) is 3.26. The molecule has 0 aliphatic carbocycles. The average molecular weight is 319 g/mol. The number of alkyl halides is 1. The average Bonchev–Trinajstić information content (AvgIpc) is 3.02. The first kappa shape index (κ1) is 16.4. The van der Waals surface area contributed by atoms with Crippen LogP contribution in [0.3, 0.4) is 0 Å². The molecule has 2 rings (SSSR count). The molecule has 0 aliphatic rings. The van der Waals surface area contributed by atoms with Gasteiger partial charge in [-0.3, -0.25) is 4.79 Å². The van der Waals surface area contributed by atoms with Crippen molar-refractivity contribution < 1.29 is 14.3 Å². The van der Waals surface area contributed by atoms with Crippen molar-refractivity contribution in [2.45, 2.75) is 12.6 Å². The molecule has 5 heteroatoms. The van der Waals surface area contributed by atoms with Crippen LogP contribution in [0.15, 0.2) is 54.4 Å². The largest absolute Gasteiger partial charge is 0.389 e. The van der Waals surface area contributed by atoms with Crippen molar-refractivity contribution in [3.05, 3.63) is 60.0 Å². The number of hydrogen-bond donors (Lipinski definition) is 1. The summed E-state index contributed by atoms with van der Waals surface area (Å²) in [6.45, 7) is 2.85. The van der Waals surface area contributed by atoms with Gasteiger partial charge in [-0.15, -0.1) is 11.3 Å². The molecule has 1 N–H and O–H groups in total. The first-order chi connectivity index (χ1) is 10.6. The quantitative estimate of drug-likeness (QED) is 0.796. The topological polar surface area (TPSA) is 40.5 Å². The molecule has 1 atom stereocenters. The highest BCUT2D eigenvalue weighted by Gasteiger charge is 2.16. The van der Waals surface area contributed by atoms with Crippen molar-refractivity contribution >= 4 is 17.2 Å². The molecular formula is C17H18FNO2S. The van der Waals surface area contributed by atoms with E-state index in [-0.39, 0.29) is 12.5 Å². The van der Waals surface area contributed by atoms with Crippen molar-refractivity contribution in [1.82, 2.24) is 4.90 Å². The lowest BCUT2D eigenvalue weighted by Crippen LogP contribution is -2.36. The van der Waals surface area contributed by atoms with Crippen molar-refractivity contribution in [3.8, 4) is 10.4 Å². The molecule has 1 aromatic heterocycles. The summed E-state index contributed by atoms with van der Waals surface area (Å²) < 4.78 is 12.5. The van der Waals surface area contributed by atoms with Gasteiger partial charge in [0.1, 0.15) is 6.67 Å². The SMILES string of the molecule is C=CC(=O)N(Cc1csc(-c2ccccc2)c1)CC(O)CF. The molecule has 1 heterocycles. The molecule has 2 aromatic rings. The molecular weight excluding hydrogens is 301 g/mol. The van der Waals surface area contributed by atoms with Gasteiger partial charge in [0.2, 0.25) is 5.91 Å². The fourth-order valence-corrected chi connectivity index (χ4v) is 3.01. The summed E-state index contributed by atoms with van der Waals surface area (Å²) in [5, 5.41) is 11.4. The van der Waals surface area contributed by atoms with Gasteiger partial charge in [-0.2, -0.15) is 0 Å². The minimum absolute atomic E-state index is 0.0438. The Morgan fingerprint density at radius 2 is 2.14 bits per heavy atom. The van der Waals surface area contributed by atoms with Gasteiger partial charge in [0.05, 0.1) is 6.10 Å². The molecule has 1 aromatic carbocycles. The maximum absolute atomic E-state index is 12.5. The van der Waals surface area contributed by atoms with Gasteiger partial charge in [-0.05, 0) is 28.6 Å². The molecule has 1 unspecified atom stereocenters. The normalized spacial score (nSPS) is 11.9. The molecule has 0 bridgehead atoms. The van der Waals surface area contributed by atoms with E-state index in [9.17, 15) is 14.3 Å². The number of thiophene rings is 1. The van der Waals surface area contributed by atoms with E-state index in [1.807, 2.05) is 41.8 Å². The number of halogens is 1. The third kappa shape index (κ3) is 4.26. The summed E-state index contributed by atoms with van der Waals surface area (Å²) in [7, 11) is 0. The summed E-state index contributed by atoms with van der Waals surface area (Å²) in [6.07, 6.45) is 0.00577. The Kier molecular flexibility index (Phi) is 5.86. The molecule has 0 saturated carbocycles. The summed E-state index contributed by atoms with van der Waals surface area (Å²) in [5.41, 5.74) is 2.06. The number of carbonyl (C=O) groups is 1. The Bertz CT molecular complexity index is 627. The smallest absolute Gasteiger partial charge is 0.246 e. The zero-order chi connectivity index (χ0) is 15.9. The van der Waals surface area contributed by atoms with Crippen LogP contribution < -0.4 is 0 Å². The van der Waals surface area contributed by atoms with Crippen LogP contribution in [0.25, 0.3) is 10.4 Å². The van der Waals surface area contributed by atoms with Crippen LogP contribution in [0, 0.1) is 0 Å². The lowest BCUT2D eigenvalue weighted by atomic mass is 10.1. The lowest BCUT2D eigenvalue weighted by molar-refractivity contribution is -0.128. The first-order valence-corrected chi connectivity index (χ1v) is 7.80. The van der Waals surface area contributed by atoms with Gasteiger partial charge in [-0.25, -0.2) is 4.39 Å². The number of carbonyl (C=O) groups excluding carboxylic acids is 1. The summed E-state index contributed by atoms with van der Waals surface area (Å²) in [5.74, 6) is -0.319. The molecule has 22 heavy (non-hydrogen) atoms. The second-order valence-corrected chi connectivity index (χ2v) is 5.83. The Labute approximate surface area is 133 Å². The van der Waals surface area contributed by atoms with E-state index >= 15 is 0 Å². The number of nitrogens with zero attached hydrogens (tertiary/aromatic N) is 1. The minimum atomic E-state index is -1.17. The molecule has 116 valence electrons. The van der Waals surface area contributed by atoms with Crippen molar-refractivity contribution in [3.63, 3.8) is 0 Å². The lowest BCUT2D eigenvalue weighted by Gasteiger charge is -2.22. The third-order valence-electron chi connectivity index (χ3n) is 3.18. The monoisotopic (exact) mass is 319 g/mol. The van der Waals surface area contributed by atoms with Crippen LogP contribution in [0.2, 0.25) is 0 Å². The Hall–Kier alpha value is -1.98. The zero-order valence-corrected chi connectivity index (χ0v) is 12.9. The molecule has 1 amide bonds. The van der Waals surface area contributed by atoms with Crippen molar-refractivity contribution in [2.24, 2.45) is 0 Å². The van der Waals surface area contributed by atoms with Crippen LogP contribution in [-0.4, -0.2) is 35.2 Å². The highest BCUT2D eigenvalue weighted by molar-refractivity contribution is 7.13. The minimum Gasteiger partial charge on any atom is -0.389 e. The number of aliphatic hydroxyl groups is 1. The number of benzene rings is 1. The number of amides is 1. The highest BCUT2D eigenvalue weighted by Crippen LogP contribution is 2.27. The van der Waals surface area contributed by atoms with E-state index in [0.717, 1.165) is 16.0 Å². The Morgan fingerprint density at radius 1 is 1.41 bits per heavy atom. The van der Waals surface area contributed by atoms with Gasteiger partial charge >= 0.3 is 0 Å². The Morgan fingerprint density at radius 3 is 2.77 bits per heavy atom. The van der Waals surface area contributed by atoms with Crippen LogP contribution >= 0.6 is 11.3 Å². The van der Waals surface area contributed by atoms with Crippen LogP contribution in [0.4, 0.5) is 4.39 Å². The molecule has 0 saturated heterocycles. The van der Waals surface area contributed by atoms with Crippen LogP contribution in [0.1, 0.15) is 5.56 Å². The molecule has 0 aliphatic heterocycles. The standard InChI is InChI=1S/C17H18FNO2S/c1-2-17(21)19(11-15(20)9-18)10-13-8-16(22-12-13)14-6-4-3-5-7-14/h2-8,12,15,20H,1,9-11H2. The molecule has 0 spiro atoms. The van der Waals surface area contributed by atoms with E-state index in [4.69, 9.17) is 0 Å². The van der Waals surface area contributed by atoms with E-state index in [1.165, 1.54) is 11.0 Å². The number of hydrogen-bond acceptors (Lipinski definition) is 3. The zero-order valence-electron chi connectivity index (χ0n) is 12.1. The van der Waals surface area contributed by atoms with Crippen LogP contribution in [-0.2, 0) is 11.3 Å². The molecule has 0 radical (unpaired) electrons. The number of rotatable bonds is 7. The fourth-order valence-electron chi connectivity index (χ4n) is 2.10. The second-order valence-electron chi connectivity index (χ2n) is 4.92. The second kappa shape index (κ2) is 7.87. The van der Waals surface area contributed by atoms with Gasteiger partial charge in [0.15, 0.2) is 0 Å². The predicted molar refractivity (Wildman–Crippen MR) is 87.4 cm³/mol. The molecule has 3 nitrogen and oxygen atoms in total. The highest BCUT2D eigenvalue weighted by atomic mass is 32.1. The van der Waals surface area contributed by atoms with E-state index in [1.54, 1.807) is 11.3 Å². The van der Waals surface area contributed by atoms with E-state index in [2.05, 4.69) is 6.58 Å². The Balaban J connectivity index is 2.12. The summed E-state index contributed by atoms with van der Waals surface area (Å²) >= 11 is 1.59. The number of aliphatic hydroxyl groups excluding tert-OH is 1. The van der Waals surface area contributed by atoms with Crippen molar-refractivity contribution in [1.29, 1.82) is 0 Å². The van der Waals surface area contributed by atoms with E-state index < -0.39 is 12.8 Å². The van der Waals surface area contributed by atoms with Gasteiger partial charge < -0.3 is 10.0 Å².